The Hall–Kier alpha value is -1.31. The van der Waals surface area contributed by atoms with E-state index in [0.717, 1.165) is 17.7 Å². The molecule has 116 valence electrons. The number of hydrogen-bond donors (Lipinski definition) is 1. The largest absolute Gasteiger partial charge is 0.326 e. The Kier molecular flexibility index (Phi) is 6.28. The van der Waals surface area contributed by atoms with Gasteiger partial charge in [-0.05, 0) is 37.3 Å². The van der Waals surface area contributed by atoms with Gasteiger partial charge in [0.1, 0.15) is 0 Å². The van der Waals surface area contributed by atoms with Crippen LogP contribution in [0.5, 0.6) is 0 Å². The van der Waals surface area contributed by atoms with E-state index in [-0.39, 0.29) is 11.8 Å². The molecule has 1 saturated carbocycles. The maximum absolute atomic E-state index is 12.2. The Morgan fingerprint density at radius 3 is 2.62 bits per heavy atom. The maximum atomic E-state index is 12.2. The van der Waals surface area contributed by atoms with Crippen LogP contribution in [-0.4, -0.2) is 5.91 Å². The monoisotopic (exact) mass is 287 g/mol. The number of rotatable bonds is 9. The summed E-state index contributed by atoms with van der Waals surface area (Å²) in [6.07, 6.45) is 10.4. The van der Waals surface area contributed by atoms with Gasteiger partial charge in [-0.15, -0.1) is 0 Å². The van der Waals surface area contributed by atoms with Crippen LogP contribution in [0.15, 0.2) is 24.3 Å². The highest BCUT2D eigenvalue weighted by atomic mass is 16.2. The number of amides is 1. The van der Waals surface area contributed by atoms with Crippen molar-refractivity contribution in [2.75, 3.05) is 5.32 Å². The fourth-order valence-electron chi connectivity index (χ4n) is 3.01. The first-order valence-corrected chi connectivity index (χ1v) is 8.59. The zero-order valence-corrected chi connectivity index (χ0v) is 13.5. The molecule has 0 spiro atoms. The Morgan fingerprint density at radius 2 is 1.86 bits per heavy atom. The van der Waals surface area contributed by atoms with Crippen molar-refractivity contribution >= 4 is 11.6 Å². The Labute approximate surface area is 129 Å². The molecule has 2 atom stereocenters. The van der Waals surface area contributed by atoms with Crippen molar-refractivity contribution in [3.8, 4) is 0 Å². The van der Waals surface area contributed by atoms with Gasteiger partial charge in [0, 0.05) is 11.6 Å². The predicted octanol–water partition coefficient (Wildman–Crippen LogP) is 5.32. The summed E-state index contributed by atoms with van der Waals surface area (Å²) in [5.41, 5.74) is 2.10. The van der Waals surface area contributed by atoms with Crippen LogP contribution < -0.4 is 5.32 Å². The number of benzene rings is 1. The summed E-state index contributed by atoms with van der Waals surface area (Å²) in [5.74, 6) is 1.13. The summed E-state index contributed by atoms with van der Waals surface area (Å²) in [5, 5.41) is 3.08. The van der Waals surface area contributed by atoms with Crippen LogP contribution >= 0.6 is 0 Å². The molecule has 0 saturated heterocycles. The number of carbonyl (C=O) groups excluding carboxylic acids is 1. The highest BCUT2D eigenvalue weighted by Gasteiger charge is 2.42. The average Bonchev–Trinajstić information content (AvgIpc) is 3.25. The lowest BCUT2D eigenvalue weighted by Crippen LogP contribution is -2.15. The molecule has 2 unspecified atom stereocenters. The molecule has 1 aliphatic rings. The molecule has 2 heteroatoms. The second-order valence-electron chi connectivity index (χ2n) is 6.46. The number of aryl methyl sites for hydroxylation is 1. The van der Waals surface area contributed by atoms with Gasteiger partial charge in [-0.1, -0.05) is 63.6 Å². The fourth-order valence-corrected chi connectivity index (χ4v) is 3.01. The zero-order valence-electron chi connectivity index (χ0n) is 13.5. The van der Waals surface area contributed by atoms with Crippen molar-refractivity contribution in [3.05, 3.63) is 29.8 Å². The molecule has 0 heterocycles. The standard InChI is InChI=1S/C19H29NO/c1-3-4-5-6-7-8-12-16-14-17(16)19(21)20-18-13-10-9-11-15(18)2/h9-11,13,16-17H,3-8,12,14H2,1-2H3,(H,20,21). The van der Waals surface area contributed by atoms with E-state index in [9.17, 15) is 4.79 Å². The first-order valence-electron chi connectivity index (χ1n) is 8.59. The topological polar surface area (TPSA) is 29.1 Å². The molecule has 21 heavy (non-hydrogen) atoms. The molecule has 2 rings (SSSR count). The molecule has 1 aromatic carbocycles. The van der Waals surface area contributed by atoms with Crippen LogP contribution in [0.3, 0.4) is 0 Å². The number of unbranched alkanes of at least 4 members (excludes halogenated alkanes) is 5. The van der Waals surface area contributed by atoms with Crippen LogP contribution in [0.4, 0.5) is 5.69 Å². The first kappa shape index (κ1) is 16.1. The molecule has 1 amide bonds. The molecular weight excluding hydrogens is 258 g/mol. The van der Waals surface area contributed by atoms with Crippen LogP contribution in [0, 0.1) is 18.8 Å². The van der Waals surface area contributed by atoms with Crippen LogP contribution in [0.25, 0.3) is 0 Å². The van der Waals surface area contributed by atoms with E-state index in [0.29, 0.717) is 5.92 Å². The third-order valence-corrected chi connectivity index (χ3v) is 4.59. The minimum atomic E-state index is 0.222. The summed E-state index contributed by atoms with van der Waals surface area (Å²) < 4.78 is 0. The normalized spacial score (nSPS) is 20.3. The molecule has 1 aliphatic carbocycles. The van der Waals surface area contributed by atoms with Crippen LogP contribution in [0.2, 0.25) is 0 Å². The van der Waals surface area contributed by atoms with Crippen molar-refractivity contribution in [3.63, 3.8) is 0 Å². The third-order valence-electron chi connectivity index (χ3n) is 4.59. The van der Waals surface area contributed by atoms with Crippen molar-refractivity contribution in [2.24, 2.45) is 11.8 Å². The summed E-state index contributed by atoms with van der Waals surface area (Å²) in [7, 11) is 0. The molecule has 0 radical (unpaired) electrons. The van der Waals surface area contributed by atoms with E-state index in [2.05, 4.69) is 12.2 Å². The maximum Gasteiger partial charge on any atom is 0.227 e. The van der Waals surface area contributed by atoms with Gasteiger partial charge in [-0.2, -0.15) is 0 Å². The minimum absolute atomic E-state index is 0.222. The molecule has 1 N–H and O–H groups in total. The summed E-state index contributed by atoms with van der Waals surface area (Å²) in [4.78, 5) is 12.2. The van der Waals surface area contributed by atoms with Crippen LogP contribution in [-0.2, 0) is 4.79 Å². The highest BCUT2D eigenvalue weighted by molar-refractivity contribution is 5.95. The second-order valence-corrected chi connectivity index (χ2v) is 6.46. The molecule has 0 aromatic heterocycles. The second kappa shape index (κ2) is 8.21. The van der Waals surface area contributed by atoms with Gasteiger partial charge in [-0.3, -0.25) is 4.79 Å². The fraction of sp³-hybridized carbons (Fsp3) is 0.632. The van der Waals surface area contributed by atoms with Gasteiger partial charge in [0.15, 0.2) is 0 Å². The summed E-state index contributed by atoms with van der Waals surface area (Å²) in [6, 6.07) is 8.00. The van der Waals surface area contributed by atoms with E-state index >= 15 is 0 Å². The highest BCUT2D eigenvalue weighted by Crippen LogP contribution is 2.43. The van der Waals surface area contributed by atoms with Crippen LogP contribution in [0.1, 0.15) is 63.9 Å². The molecule has 2 nitrogen and oxygen atoms in total. The SMILES string of the molecule is CCCCCCCCC1CC1C(=O)Nc1ccccc1C. The van der Waals surface area contributed by atoms with Crippen molar-refractivity contribution in [1.82, 2.24) is 0 Å². The van der Waals surface area contributed by atoms with Gasteiger partial charge in [0.2, 0.25) is 5.91 Å². The van der Waals surface area contributed by atoms with Crippen molar-refractivity contribution in [2.45, 2.75) is 65.2 Å². The number of hydrogen-bond acceptors (Lipinski definition) is 1. The molecule has 0 aliphatic heterocycles. The smallest absolute Gasteiger partial charge is 0.227 e. The lowest BCUT2D eigenvalue weighted by molar-refractivity contribution is -0.117. The van der Waals surface area contributed by atoms with E-state index in [1.165, 1.54) is 44.9 Å². The summed E-state index contributed by atoms with van der Waals surface area (Å²) in [6.45, 7) is 4.29. The predicted molar refractivity (Wildman–Crippen MR) is 89.4 cm³/mol. The molecular formula is C19H29NO. The van der Waals surface area contributed by atoms with Crippen molar-refractivity contribution < 1.29 is 4.79 Å². The van der Waals surface area contributed by atoms with E-state index < -0.39 is 0 Å². The minimum Gasteiger partial charge on any atom is -0.326 e. The first-order chi connectivity index (χ1) is 10.2. The Bertz CT molecular complexity index is 455. The molecule has 0 bridgehead atoms. The third kappa shape index (κ3) is 5.18. The van der Waals surface area contributed by atoms with Gasteiger partial charge in [0.05, 0.1) is 0 Å². The van der Waals surface area contributed by atoms with E-state index in [1.807, 2.05) is 31.2 Å². The quantitative estimate of drug-likeness (QED) is 0.612. The molecule has 1 fully saturated rings. The zero-order chi connectivity index (χ0) is 15.1. The number of para-hydroxylation sites is 1. The van der Waals surface area contributed by atoms with E-state index in [4.69, 9.17) is 0 Å². The van der Waals surface area contributed by atoms with Gasteiger partial charge >= 0.3 is 0 Å². The van der Waals surface area contributed by atoms with E-state index in [1.54, 1.807) is 0 Å². The Balaban J connectivity index is 1.62. The number of anilines is 1. The molecule has 1 aromatic rings. The lowest BCUT2D eigenvalue weighted by Gasteiger charge is -2.07. The summed E-state index contributed by atoms with van der Waals surface area (Å²) >= 11 is 0. The van der Waals surface area contributed by atoms with Gasteiger partial charge in [0.25, 0.3) is 0 Å². The number of carbonyl (C=O) groups is 1. The Morgan fingerprint density at radius 1 is 1.14 bits per heavy atom. The van der Waals surface area contributed by atoms with Gasteiger partial charge < -0.3 is 5.32 Å². The number of nitrogens with one attached hydrogen (secondary N) is 1. The lowest BCUT2D eigenvalue weighted by atomic mass is 10.1. The van der Waals surface area contributed by atoms with Crippen molar-refractivity contribution in [1.29, 1.82) is 0 Å². The van der Waals surface area contributed by atoms with Gasteiger partial charge in [-0.25, -0.2) is 0 Å². The average molecular weight is 287 g/mol.